The molecule has 1 aromatic heterocycles. The largest absolute Gasteiger partial charge is 0.486 e. The Labute approximate surface area is 182 Å². The van der Waals surface area contributed by atoms with Crippen LogP contribution < -0.4 is 4.74 Å². The van der Waals surface area contributed by atoms with E-state index < -0.39 is 0 Å². The lowest BCUT2D eigenvalue weighted by Crippen LogP contribution is -2.37. The van der Waals surface area contributed by atoms with E-state index >= 15 is 0 Å². The normalized spacial score (nSPS) is 14.5. The number of aromatic nitrogens is 1. The Balaban J connectivity index is 1.41. The quantitative estimate of drug-likeness (QED) is 0.444. The minimum atomic E-state index is 0.205. The van der Waals surface area contributed by atoms with Gasteiger partial charge in [-0.1, -0.05) is 63.1 Å². The second-order valence-corrected chi connectivity index (χ2v) is 9.54. The molecule has 3 aromatic rings. The highest BCUT2D eigenvalue weighted by Gasteiger charge is 2.28. The summed E-state index contributed by atoms with van der Waals surface area (Å²) in [5, 5.41) is 5.29. The molecule has 4 nitrogen and oxygen atoms in total. The first-order chi connectivity index (χ1) is 14.6. The number of hydrogen-bond donors (Lipinski definition) is 0. The third-order valence-electron chi connectivity index (χ3n) is 5.65. The van der Waals surface area contributed by atoms with Crippen LogP contribution in [0.15, 0.2) is 47.8 Å². The van der Waals surface area contributed by atoms with Crippen LogP contribution in [-0.2, 0) is 17.9 Å². The lowest BCUT2D eigenvalue weighted by atomic mass is 10.1. The van der Waals surface area contributed by atoms with Crippen LogP contribution in [0.1, 0.15) is 50.2 Å². The SMILES string of the molecule is CC(C)CN(Cc1csc(COc2cccc3ccccc23)n1)C(=O)C1CCCC1. The van der Waals surface area contributed by atoms with Crippen LogP contribution in [0.3, 0.4) is 0 Å². The zero-order chi connectivity index (χ0) is 20.9. The zero-order valence-electron chi connectivity index (χ0n) is 17.8. The van der Waals surface area contributed by atoms with Crippen molar-refractivity contribution < 1.29 is 9.53 Å². The number of nitrogens with zero attached hydrogens (tertiary/aromatic N) is 2. The van der Waals surface area contributed by atoms with Gasteiger partial charge < -0.3 is 9.64 Å². The first kappa shape index (κ1) is 20.9. The molecular formula is C25H30N2O2S. The standard InChI is InChI=1S/C25H30N2O2S/c1-18(2)14-27(25(28)20-9-3-4-10-20)15-21-17-30-24(26-21)16-29-23-13-7-11-19-8-5-6-12-22(19)23/h5-8,11-13,17-18,20H,3-4,9-10,14-16H2,1-2H3. The molecule has 0 bridgehead atoms. The Bertz CT molecular complexity index is 986. The fourth-order valence-electron chi connectivity index (χ4n) is 4.25. The third kappa shape index (κ3) is 5.01. The number of fused-ring (bicyclic) bond motifs is 1. The van der Waals surface area contributed by atoms with Crippen molar-refractivity contribution in [1.82, 2.24) is 9.88 Å². The van der Waals surface area contributed by atoms with E-state index in [4.69, 9.17) is 9.72 Å². The Kier molecular flexibility index (Phi) is 6.68. The summed E-state index contributed by atoms with van der Waals surface area (Å²) < 4.78 is 6.08. The number of benzene rings is 2. The molecule has 1 heterocycles. The van der Waals surface area contributed by atoms with Crippen molar-refractivity contribution in [2.75, 3.05) is 6.54 Å². The number of carbonyl (C=O) groups excluding carboxylic acids is 1. The minimum Gasteiger partial charge on any atom is -0.486 e. The maximum absolute atomic E-state index is 13.0. The smallest absolute Gasteiger partial charge is 0.226 e. The highest BCUT2D eigenvalue weighted by atomic mass is 32.1. The molecule has 0 saturated heterocycles. The predicted octanol–water partition coefficient (Wildman–Crippen LogP) is 6.05. The molecule has 30 heavy (non-hydrogen) atoms. The number of amides is 1. The molecule has 0 radical (unpaired) electrons. The molecule has 0 unspecified atom stereocenters. The molecule has 1 aliphatic carbocycles. The summed E-state index contributed by atoms with van der Waals surface area (Å²) >= 11 is 1.60. The van der Waals surface area contributed by atoms with Gasteiger partial charge in [-0.15, -0.1) is 11.3 Å². The summed E-state index contributed by atoms with van der Waals surface area (Å²) in [7, 11) is 0. The number of hydrogen-bond acceptors (Lipinski definition) is 4. The van der Waals surface area contributed by atoms with Crippen molar-refractivity contribution in [1.29, 1.82) is 0 Å². The summed E-state index contributed by atoms with van der Waals surface area (Å²) in [6.45, 7) is 6.16. The molecule has 1 fully saturated rings. The molecule has 1 amide bonds. The van der Waals surface area contributed by atoms with Gasteiger partial charge in [-0.2, -0.15) is 0 Å². The van der Waals surface area contributed by atoms with Gasteiger partial charge in [0.25, 0.3) is 0 Å². The molecule has 0 atom stereocenters. The van der Waals surface area contributed by atoms with Gasteiger partial charge in [0.2, 0.25) is 5.91 Å². The highest BCUT2D eigenvalue weighted by molar-refractivity contribution is 7.09. The maximum atomic E-state index is 13.0. The lowest BCUT2D eigenvalue weighted by Gasteiger charge is -2.26. The van der Waals surface area contributed by atoms with Gasteiger partial charge in [0.05, 0.1) is 12.2 Å². The van der Waals surface area contributed by atoms with Gasteiger partial charge in [0, 0.05) is 23.2 Å². The number of carbonyl (C=O) groups is 1. The number of ether oxygens (including phenoxy) is 1. The van der Waals surface area contributed by atoms with Crippen LogP contribution >= 0.6 is 11.3 Å². The van der Waals surface area contributed by atoms with E-state index in [2.05, 4.69) is 37.4 Å². The Morgan fingerprint density at radius 1 is 1.17 bits per heavy atom. The van der Waals surface area contributed by atoms with Crippen molar-refractivity contribution in [3.63, 3.8) is 0 Å². The maximum Gasteiger partial charge on any atom is 0.226 e. The van der Waals surface area contributed by atoms with Crippen molar-refractivity contribution in [3.8, 4) is 5.75 Å². The van der Waals surface area contributed by atoms with Crippen LogP contribution in [0, 0.1) is 11.8 Å². The van der Waals surface area contributed by atoms with Gasteiger partial charge >= 0.3 is 0 Å². The van der Waals surface area contributed by atoms with E-state index in [1.54, 1.807) is 11.3 Å². The van der Waals surface area contributed by atoms with Gasteiger partial charge in [-0.05, 0) is 30.2 Å². The van der Waals surface area contributed by atoms with Crippen molar-refractivity contribution in [3.05, 3.63) is 58.5 Å². The van der Waals surface area contributed by atoms with E-state index in [0.29, 0.717) is 25.0 Å². The topological polar surface area (TPSA) is 42.4 Å². The van der Waals surface area contributed by atoms with Crippen LogP contribution in [0.4, 0.5) is 0 Å². The minimum absolute atomic E-state index is 0.205. The predicted molar refractivity (Wildman–Crippen MR) is 123 cm³/mol. The van der Waals surface area contributed by atoms with E-state index in [-0.39, 0.29) is 5.92 Å². The average molecular weight is 423 g/mol. The van der Waals surface area contributed by atoms with E-state index in [1.165, 1.54) is 18.2 Å². The van der Waals surface area contributed by atoms with Gasteiger partial charge in [-0.25, -0.2) is 4.98 Å². The van der Waals surface area contributed by atoms with Crippen LogP contribution in [0.2, 0.25) is 0 Å². The van der Waals surface area contributed by atoms with Gasteiger partial charge in [0.1, 0.15) is 17.4 Å². The lowest BCUT2D eigenvalue weighted by molar-refractivity contribution is -0.136. The van der Waals surface area contributed by atoms with Crippen LogP contribution in [0.25, 0.3) is 10.8 Å². The van der Waals surface area contributed by atoms with E-state index in [1.807, 2.05) is 29.2 Å². The Morgan fingerprint density at radius 3 is 2.73 bits per heavy atom. The van der Waals surface area contributed by atoms with Gasteiger partial charge in [0.15, 0.2) is 0 Å². The second kappa shape index (κ2) is 9.61. The first-order valence-electron chi connectivity index (χ1n) is 10.9. The molecule has 1 aliphatic rings. The Morgan fingerprint density at radius 2 is 1.93 bits per heavy atom. The summed E-state index contributed by atoms with van der Waals surface area (Å²) in [5.74, 6) is 1.84. The van der Waals surface area contributed by atoms with Crippen LogP contribution in [-0.4, -0.2) is 22.3 Å². The molecule has 1 saturated carbocycles. The monoisotopic (exact) mass is 422 g/mol. The Hall–Kier alpha value is -2.40. The van der Waals surface area contributed by atoms with Crippen molar-refractivity contribution in [2.45, 2.75) is 52.7 Å². The summed E-state index contributed by atoms with van der Waals surface area (Å²) in [6, 6.07) is 14.3. The first-order valence-corrected chi connectivity index (χ1v) is 11.8. The van der Waals surface area contributed by atoms with E-state index in [9.17, 15) is 4.79 Å². The number of thiazole rings is 1. The van der Waals surface area contributed by atoms with Crippen LogP contribution in [0.5, 0.6) is 5.75 Å². The summed E-state index contributed by atoms with van der Waals surface area (Å²) in [4.78, 5) is 19.8. The molecular weight excluding hydrogens is 392 g/mol. The van der Waals surface area contributed by atoms with Crippen molar-refractivity contribution in [2.24, 2.45) is 11.8 Å². The van der Waals surface area contributed by atoms with Crippen molar-refractivity contribution >= 4 is 28.0 Å². The highest BCUT2D eigenvalue weighted by Crippen LogP contribution is 2.28. The molecule has 0 aliphatic heterocycles. The summed E-state index contributed by atoms with van der Waals surface area (Å²) in [5.41, 5.74) is 0.962. The average Bonchev–Trinajstić information content (AvgIpc) is 3.43. The zero-order valence-corrected chi connectivity index (χ0v) is 18.7. The van der Waals surface area contributed by atoms with Gasteiger partial charge in [-0.3, -0.25) is 4.79 Å². The molecule has 0 spiro atoms. The molecule has 158 valence electrons. The third-order valence-corrected chi connectivity index (χ3v) is 6.53. The molecule has 2 aromatic carbocycles. The van der Waals surface area contributed by atoms with E-state index in [0.717, 1.165) is 41.2 Å². The molecule has 4 rings (SSSR count). The molecule has 0 N–H and O–H groups in total. The fourth-order valence-corrected chi connectivity index (χ4v) is 4.94. The summed E-state index contributed by atoms with van der Waals surface area (Å²) in [6.07, 6.45) is 4.43. The number of rotatable bonds is 8. The molecule has 5 heteroatoms. The second-order valence-electron chi connectivity index (χ2n) is 8.59. The fraction of sp³-hybridized carbons (Fsp3) is 0.440.